The number of nitrogens with zero attached hydrogens (tertiary/aromatic N) is 3. The molecule has 2 rings (SSSR count). The molecule has 0 aliphatic heterocycles. The summed E-state index contributed by atoms with van der Waals surface area (Å²) in [6.45, 7) is 4.30. The normalized spacial score (nSPS) is 12.6. The van der Waals surface area contributed by atoms with Crippen molar-refractivity contribution in [2.75, 3.05) is 6.26 Å². The van der Waals surface area contributed by atoms with Crippen molar-refractivity contribution in [1.29, 1.82) is 0 Å². The lowest BCUT2D eigenvalue weighted by Crippen LogP contribution is -2.27. The van der Waals surface area contributed by atoms with Crippen LogP contribution in [0.1, 0.15) is 13.8 Å². The molecule has 0 spiro atoms. The van der Waals surface area contributed by atoms with Crippen LogP contribution in [0.3, 0.4) is 0 Å². The van der Waals surface area contributed by atoms with Gasteiger partial charge in [-0.15, -0.1) is 0 Å². The zero-order valence-electron chi connectivity index (χ0n) is 10.3. The quantitative estimate of drug-likeness (QED) is 0.667. The zero-order valence-corrected chi connectivity index (χ0v) is 11.2. The maximum Gasteiger partial charge on any atom is 0.111 e. The van der Waals surface area contributed by atoms with E-state index in [1.54, 1.807) is 6.20 Å². The van der Waals surface area contributed by atoms with Gasteiger partial charge in [0.05, 0.1) is 11.2 Å². The monoisotopic (exact) mass is 247 g/mol. The van der Waals surface area contributed by atoms with E-state index in [0.29, 0.717) is 0 Å². The largest absolute Gasteiger partial charge is 0.262 e. The molecule has 0 aliphatic rings. The maximum atomic E-state index is 4.59. The number of thiol groups is 1. The van der Waals surface area contributed by atoms with Gasteiger partial charge < -0.3 is 0 Å². The van der Waals surface area contributed by atoms with Gasteiger partial charge in [0.2, 0.25) is 0 Å². The van der Waals surface area contributed by atoms with Crippen molar-refractivity contribution in [2.45, 2.75) is 19.4 Å². The van der Waals surface area contributed by atoms with Crippen LogP contribution in [-0.4, -0.2) is 26.4 Å². The molecule has 17 heavy (non-hydrogen) atoms. The number of aromatic nitrogens is 3. The van der Waals surface area contributed by atoms with Crippen LogP contribution in [0.4, 0.5) is 0 Å². The molecule has 0 fully saturated rings. The number of pyridine rings is 1. The molecule has 0 saturated carbocycles. The number of rotatable bonds is 3. The fourth-order valence-electron chi connectivity index (χ4n) is 1.67. The van der Waals surface area contributed by atoms with Crippen molar-refractivity contribution in [3.05, 3.63) is 36.7 Å². The Kier molecular flexibility index (Phi) is 3.43. The third kappa shape index (κ3) is 2.64. The molecule has 0 radical (unpaired) electrons. The number of hydrogen-bond donors (Lipinski definition) is 1. The summed E-state index contributed by atoms with van der Waals surface area (Å²) >= 11 is 1.26. The Morgan fingerprint density at radius 2 is 2.06 bits per heavy atom. The van der Waals surface area contributed by atoms with Gasteiger partial charge in [0.15, 0.2) is 0 Å². The Balaban J connectivity index is 2.34. The van der Waals surface area contributed by atoms with Gasteiger partial charge in [0, 0.05) is 12.4 Å². The van der Waals surface area contributed by atoms with Gasteiger partial charge in [-0.2, -0.15) is 5.10 Å². The molecule has 2 aromatic rings. The van der Waals surface area contributed by atoms with E-state index in [0.717, 1.165) is 11.4 Å². The number of hydrogen-bond acceptors (Lipinski definition) is 2. The Morgan fingerprint density at radius 1 is 1.24 bits per heavy atom. The topological polar surface area (TPSA) is 30.7 Å². The van der Waals surface area contributed by atoms with Crippen LogP contribution in [0.2, 0.25) is 0 Å². The van der Waals surface area contributed by atoms with Crippen LogP contribution >= 0.6 is 11.4 Å². The minimum atomic E-state index is -0.0661. The van der Waals surface area contributed by atoms with E-state index in [1.807, 2.05) is 35.1 Å². The smallest absolute Gasteiger partial charge is 0.111 e. The highest BCUT2D eigenvalue weighted by atomic mass is 32.1. The van der Waals surface area contributed by atoms with Crippen LogP contribution < -0.4 is 0 Å². The van der Waals surface area contributed by atoms with E-state index in [9.17, 15) is 0 Å². The van der Waals surface area contributed by atoms with Crippen LogP contribution in [0.15, 0.2) is 36.7 Å². The first-order valence-electron chi connectivity index (χ1n) is 5.54. The van der Waals surface area contributed by atoms with E-state index >= 15 is 0 Å². The van der Waals surface area contributed by atoms with E-state index in [4.69, 9.17) is 0 Å². The Labute approximate surface area is 105 Å². The van der Waals surface area contributed by atoms with Gasteiger partial charge in [-0.25, -0.2) is 11.4 Å². The average Bonchev–Trinajstić information content (AvgIpc) is 2.80. The summed E-state index contributed by atoms with van der Waals surface area (Å²) < 4.78 is 1.98. The summed E-state index contributed by atoms with van der Waals surface area (Å²) in [5.41, 5.74) is 1.76. The standard InChI is InChI=1S/C13H17N3S/c1-13(2,10-17-3)16-9-7-12(15-16)11-6-4-5-8-14-11/h4-10,17H,1-3H3. The predicted octanol–water partition coefficient (Wildman–Crippen LogP) is 2.58. The molecule has 0 unspecified atom stereocenters. The molecule has 3 nitrogen and oxygen atoms in total. The summed E-state index contributed by atoms with van der Waals surface area (Å²) in [5, 5.41) is 6.81. The Morgan fingerprint density at radius 3 is 2.71 bits per heavy atom. The van der Waals surface area contributed by atoms with E-state index < -0.39 is 0 Å². The van der Waals surface area contributed by atoms with Crippen LogP contribution in [0, 0.1) is 0 Å². The molecule has 0 atom stereocenters. The van der Waals surface area contributed by atoms with Gasteiger partial charge in [0.25, 0.3) is 0 Å². The lowest BCUT2D eigenvalue weighted by atomic mass is 10.1. The highest BCUT2D eigenvalue weighted by Gasteiger charge is 2.17. The molecule has 0 bridgehead atoms. The molecule has 0 saturated heterocycles. The first-order chi connectivity index (χ1) is 8.13. The molecule has 2 heterocycles. The van der Waals surface area contributed by atoms with Gasteiger partial charge in [0.1, 0.15) is 5.69 Å². The fraction of sp³-hybridized carbons (Fsp3) is 0.308. The summed E-state index contributed by atoms with van der Waals surface area (Å²) in [5.74, 6) is 0. The first-order valence-corrected chi connectivity index (χ1v) is 6.95. The highest BCUT2D eigenvalue weighted by Crippen LogP contribution is 2.18. The van der Waals surface area contributed by atoms with Crippen molar-refractivity contribution in [3.8, 4) is 11.4 Å². The van der Waals surface area contributed by atoms with E-state index in [1.165, 1.54) is 11.4 Å². The minimum Gasteiger partial charge on any atom is -0.262 e. The van der Waals surface area contributed by atoms with E-state index in [-0.39, 0.29) is 5.54 Å². The Hall–Kier alpha value is -1.42. The molecule has 0 aliphatic carbocycles. The summed E-state index contributed by atoms with van der Waals surface area (Å²) in [6, 6.07) is 7.86. The maximum absolute atomic E-state index is 4.59. The molecule has 0 aromatic carbocycles. The Bertz CT molecular complexity index is 514. The second-order valence-corrected chi connectivity index (χ2v) is 5.18. The van der Waals surface area contributed by atoms with Crippen molar-refractivity contribution in [2.24, 2.45) is 0 Å². The van der Waals surface area contributed by atoms with Gasteiger partial charge >= 0.3 is 0 Å². The van der Waals surface area contributed by atoms with Crippen molar-refractivity contribution in [1.82, 2.24) is 14.8 Å². The summed E-state index contributed by atoms with van der Waals surface area (Å²) in [7, 11) is 0. The summed E-state index contributed by atoms with van der Waals surface area (Å²) in [6.07, 6.45) is 5.91. The lowest BCUT2D eigenvalue weighted by molar-refractivity contribution is 0.453. The van der Waals surface area contributed by atoms with Gasteiger partial charge in [-0.05, 0) is 43.7 Å². The molecule has 4 heteroatoms. The fourth-order valence-corrected chi connectivity index (χ4v) is 2.42. The lowest BCUT2D eigenvalue weighted by Gasteiger charge is -2.20. The predicted molar refractivity (Wildman–Crippen MR) is 75.8 cm³/mol. The molecule has 90 valence electrons. The van der Waals surface area contributed by atoms with Gasteiger partial charge in [-0.1, -0.05) is 6.07 Å². The zero-order chi connectivity index (χ0) is 12.3. The second-order valence-electron chi connectivity index (χ2n) is 4.40. The van der Waals surface area contributed by atoms with Crippen LogP contribution in [-0.2, 0) is 5.54 Å². The molecule has 0 N–H and O–H groups in total. The highest BCUT2D eigenvalue weighted by molar-refractivity contribution is 7.96. The molecular formula is C13H17N3S. The second kappa shape index (κ2) is 4.84. The SMILES string of the molecule is C/[SH]=C/C(C)(C)n1ccc(-c2ccccn2)n1. The van der Waals surface area contributed by atoms with Crippen molar-refractivity contribution < 1.29 is 0 Å². The van der Waals surface area contributed by atoms with E-state index in [2.05, 4.69) is 35.6 Å². The van der Waals surface area contributed by atoms with Crippen molar-refractivity contribution in [3.63, 3.8) is 0 Å². The van der Waals surface area contributed by atoms with Crippen LogP contribution in [0.25, 0.3) is 11.4 Å². The molecular weight excluding hydrogens is 230 g/mol. The molecule has 0 amide bonds. The third-order valence-corrected chi connectivity index (χ3v) is 3.44. The van der Waals surface area contributed by atoms with Crippen molar-refractivity contribution >= 4 is 16.7 Å². The van der Waals surface area contributed by atoms with Crippen LogP contribution in [0.5, 0.6) is 0 Å². The van der Waals surface area contributed by atoms with Gasteiger partial charge in [-0.3, -0.25) is 9.67 Å². The molecule has 2 aromatic heterocycles. The minimum absolute atomic E-state index is 0.0661. The summed E-state index contributed by atoms with van der Waals surface area (Å²) in [4.78, 5) is 4.30. The average molecular weight is 247 g/mol. The third-order valence-electron chi connectivity index (χ3n) is 2.55. The first kappa shape index (κ1) is 12.0.